The van der Waals surface area contributed by atoms with Crippen LogP contribution >= 0.6 is 0 Å². The van der Waals surface area contributed by atoms with Gasteiger partial charge in [-0.1, -0.05) is 6.92 Å². The number of hydrogen-bond donors (Lipinski definition) is 0. The standard InChI is InChI=1S/C11H19NO/c1-2-4-11(13)12-8-3-5-10(12)9-6-7-9/h9-10H,2-8H2,1H3. The predicted molar refractivity (Wildman–Crippen MR) is 52.4 cm³/mol. The van der Waals surface area contributed by atoms with Crippen LogP contribution in [0.4, 0.5) is 0 Å². The number of amides is 1. The van der Waals surface area contributed by atoms with E-state index >= 15 is 0 Å². The van der Waals surface area contributed by atoms with E-state index in [4.69, 9.17) is 0 Å². The number of carbonyl (C=O) groups is 1. The van der Waals surface area contributed by atoms with Gasteiger partial charge < -0.3 is 4.90 Å². The molecule has 2 aliphatic rings. The van der Waals surface area contributed by atoms with Crippen molar-refractivity contribution in [1.82, 2.24) is 4.90 Å². The SMILES string of the molecule is CCCC(=O)N1CCCC1C1CC1. The van der Waals surface area contributed by atoms with Gasteiger partial charge in [-0.25, -0.2) is 0 Å². The molecule has 2 heteroatoms. The Labute approximate surface area is 80.3 Å². The average molecular weight is 181 g/mol. The van der Waals surface area contributed by atoms with Gasteiger partial charge in [-0.15, -0.1) is 0 Å². The Kier molecular flexibility index (Phi) is 2.56. The molecule has 1 unspecified atom stereocenters. The molecule has 2 fully saturated rings. The van der Waals surface area contributed by atoms with E-state index in [1.165, 1.54) is 25.7 Å². The molecule has 74 valence electrons. The Balaban J connectivity index is 1.92. The van der Waals surface area contributed by atoms with E-state index in [9.17, 15) is 4.79 Å². The fraction of sp³-hybridized carbons (Fsp3) is 0.909. The Morgan fingerprint density at radius 1 is 1.38 bits per heavy atom. The minimum Gasteiger partial charge on any atom is -0.339 e. The van der Waals surface area contributed by atoms with E-state index in [1.807, 2.05) is 0 Å². The maximum Gasteiger partial charge on any atom is 0.222 e. The van der Waals surface area contributed by atoms with E-state index in [2.05, 4.69) is 11.8 Å². The quantitative estimate of drug-likeness (QED) is 0.653. The summed E-state index contributed by atoms with van der Waals surface area (Å²) in [4.78, 5) is 13.9. The molecule has 0 spiro atoms. The number of carbonyl (C=O) groups excluding carboxylic acids is 1. The third-order valence-electron chi connectivity index (χ3n) is 3.25. The first-order valence-electron chi connectivity index (χ1n) is 5.62. The van der Waals surface area contributed by atoms with Crippen molar-refractivity contribution in [3.63, 3.8) is 0 Å². The van der Waals surface area contributed by atoms with Crippen LogP contribution in [-0.2, 0) is 4.79 Å². The summed E-state index contributed by atoms with van der Waals surface area (Å²) in [7, 11) is 0. The highest BCUT2D eigenvalue weighted by molar-refractivity contribution is 5.76. The van der Waals surface area contributed by atoms with Gasteiger partial charge in [0.05, 0.1) is 0 Å². The Morgan fingerprint density at radius 2 is 2.15 bits per heavy atom. The molecule has 0 bridgehead atoms. The van der Waals surface area contributed by atoms with Crippen molar-refractivity contribution in [3.05, 3.63) is 0 Å². The zero-order chi connectivity index (χ0) is 9.26. The van der Waals surface area contributed by atoms with Crippen LogP contribution < -0.4 is 0 Å². The fourth-order valence-electron chi connectivity index (χ4n) is 2.43. The zero-order valence-corrected chi connectivity index (χ0v) is 8.46. The first-order chi connectivity index (χ1) is 6.33. The van der Waals surface area contributed by atoms with E-state index in [0.29, 0.717) is 11.9 Å². The van der Waals surface area contributed by atoms with Crippen LogP contribution in [0.25, 0.3) is 0 Å². The summed E-state index contributed by atoms with van der Waals surface area (Å²) >= 11 is 0. The molecule has 0 radical (unpaired) electrons. The van der Waals surface area contributed by atoms with E-state index in [1.54, 1.807) is 0 Å². The predicted octanol–water partition coefficient (Wildman–Crippen LogP) is 2.19. The van der Waals surface area contributed by atoms with Crippen LogP contribution in [0.3, 0.4) is 0 Å². The molecule has 1 heterocycles. The second kappa shape index (κ2) is 3.69. The summed E-state index contributed by atoms with van der Waals surface area (Å²) < 4.78 is 0. The lowest BCUT2D eigenvalue weighted by Gasteiger charge is -2.24. The molecule has 1 saturated heterocycles. The maximum atomic E-state index is 11.7. The molecule has 0 aromatic carbocycles. The van der Waals surface area contributed by atoms with Crippen molar-refractivity contribution >= 4 is 5.91 Å². The Hall–Kier alpha value is -0.530. The smallest absolute Gasteiger partial charge is 0.222 e. The third kappa shape index (κ3) is 1.87. The normalized spacial score (nSPS) is 28.1. The molecular formula is C11H19NO. The van der Waals surface area contributed by atoms with Gasteiger partial charge in [-0.3, -0.25) is 4.79 Å². The maximum absolute atomic E-state index is 11.7. The van der Waals surface area contributed by atoms with Crippen LogP contribution in [0, 0.1) is 5.92 Å². The minimum absolute atomic E-state index is 0.400. The molecule has 1 aliphatic heterocycles. The molecule has 1 amide bonds. The number of likely N-dealkylation sites (tertiary alicyclic amines) is 1. The van der Waals surface area contributed by atoms with Gasteiger partial charge in [0.1, 0.15) is 0 Å². The highest BCUT2D eigenvalue weighted by atomic mass is 16.2. The lowest BCUT2D eigenvalue weighted by molar-refractivity contribution is -0.132. The molecule has 0 aromatic rings. The van der Waals surface area contributed by atoms with Crippen LogP contribution in [-0.4, -0.2) is 23.4 Å². The van der Waals surface area contributed by atoms with Gasteiger partial charge in [0.15, 0.2) is 0 Å². The lowest BCUT2D eigenvalue weighted by Crippen LogP contribution is -2.36. The zero-order valence-electron chi connectivity index (χ0n) is 8.46. The first kappa shape index (κ1) is 9.04. The highest BCUT2D eigenvalue weighted by Gasteiger charge is 2.39. The number of rotatable bonds is 3. The van der Waals surface area contributed by atoms with E-state index in [-0.39, 0.29) is 0 Å². The van der Waals surface area contributed by atoms with Crippen LogP contribution in [0.1, 0.15) is 45.4 Å². The molecule has 1 atom stereocenters. The van der Waals surface area contributed by atoms with Gasteiger partial charge in [-0.05, 0) is 38.0 Å². The molecule has 2 rings (SSSR count). The van der Waals surface area contributed by atoms with Crippen molar-refractivity contribution in [2.75, 3.05) is 6.54 Å². The molecule has 1 saturated carbocycles. The summed E-state index contributed by atoms with van der Waals surface area (Å²) in [5, 5.41) is 0. The van der Waals surface area contributed by atoms with Crippen LogP contribution in [0.15, 0.2) is 0 Å². The van der Waals surface area contributed by atoms with Crippen molar-refractivity contribution in [3.8, 4) is 0 Å². The van der Waals surface area contributed by atoms with Crippen LogP contribution in [0.5, 0.6) is 0 Å². The van der Waals surface area contributed by atoms with Gasteiger partial charge in [-0.2, -0.15) is 0 Å². The molecule has 1 aliphatic carbocycles. The Bertz CT molecular complexity index is 198. The first-order valence-corrected chi connectivity index (χ1v) is 5.62. The largest absolute Gasteiger partial charge is 0.339 e. The number of nitrogens with zero attached hydrogens (tertiary/aromatic N) is 1. The third-order valence-corrected chi connectivity index (χ3v) is 3.25. The van der Waals surface area contributed by atoms with Crippen molar-refractivity contribution in [2.24, 2.45) is 5.92 Å². The van der Waals surface area contributed by atoms with E-state index < -0.39 is 0 Å². The second-order valence-corrected chi connectivity index (χ2v) is 4.38. The second-order valence-electron chi connectivity index (χ2n) is 4.38. The van der Waals surface area contributed by atoms with Gasteiger partial charge in [0.2, 0.25) is 5.91 Å². The van der Waals surface area contributed by atoms with Gasteiger partial charge >= 0.3 is 0 Å². The lowest BCUT2D eigenvalue weighted by atomic mass is 10.1. The molecule has 0 N–H and O–H groups in total. The molecule has 0 aromatic heterocycles. The van der Waals surface area contributed by atoms with Gasteiger partial charge in [0, 0.05) is 19.0 Å². The summed E-state index contributed by atoms with van der Waals surface area (Å²) in [5.74, 6) is 1.26. The fourth-order valence-corrected chi connectivity index (χ4v) is 2.43. The van der Waals surface area contributed by atoms with Crippen molar-refractivity contribution < 1.29 is 4.79 Å². The van der Waals surface area contributed by atoms with Crippen LogP contribution in [0.2, 0.25) is 0 Å². The summed E-state index contributed by atoms with van der Waals surface area (Å²) in [5.41, 5.74) is 0. The minimum atomic E-state index is 0.400. The van der Waals surface area contributed by atoms with Crippen molar-refractivity contribution in [2.45, 2.75) is 51.5 Å². The topological polar surface area (TPSA) is 20.3 Å². The van der Waals surface area contributed by atoms with Gasteiger partial charge in [0.25, 0.3) is 0 Å². The molecule has 13 heavy (non-hydrogen) atoms. The monoisotopic (exact) mass is 181 g/mol. The molecule has 2 nitrogen and oxygen atoms in total. The van der Waals surface area contributed by atoms with Crippen molar-refractivity contribution in [1.29, 1.82) is 0 Å². The number of hydrogen-bond acceptors (Lipinski definition) is 1. The van der Waals surface area contributed by atoms with E-state index in [0.717, 1.165) is 25.3 Å². The summed E-state index contributed by atoms with van der Waals surface area (Å²) in [6.45, 7) is 3.11. The summed E-state index contributed by atoms with van der Waals surface area (Å²) in [6, 6.07) is 0.624. The Morgan fingerprint density at radius 3 is 2.77 bits per heavy atom. The highest BCUT2D eigenvalue weighted by Crippen LogP contribution is 2.40. The molecular weight excluding hydrogens is 162 g/mol. The summed E-state index contributed by atoms with van der Waals surface area (Å²) in [6.07, 6.45) is 6.97. The average Bonchev–Trinajstić information content (AvgIpc) is 2.84.